The average molecular weight is 485 g/mol. The number of rotatable bonds is 6. The van der Waals surface area contributed by atoms with Crippen LogP contribution in [-0.4, -0.2) is 25.5 Å². The Hall–Kier alpha value is -2.68. The molecule has 0 saturated carbocycles. The summed E-state index contributed by atoms with van der Waals surface area (Å²) >= 11 is 2.24. The van der Waals surface area contributed by atoms with E-state index in [1.807, 2.05) is 42.2 Å². The zero-order chi connectivity index (χ0) is 19.5. The summed E-state index contributed by atoms with van der Waals surface area (Å²) in [7, 11) is 0. The Morgan fingerprint density at radius 1 is 1.07 bits per heavy atom. The summed E-state index contributed by atoms with van der Waals surface area (Å²) < 4.78 is 4.75. The topological polar surface area (TPSA) is 64.7 Å². The van der Waals surface area contributed by atoms with Gasteiger partial charge in [-0.2, -0.15) is 10.2 Å². The molecule has 2 aromatic carbocycles. The van der Waals surface area contributed by atoms with Crippen LogP contribution in [0.3, 0.4) is 0 Å². The first kappa shape index (κ1) is 18.7. The molecular formula is C21H20IN5O. The lowest BCUT2D eigenvalue weighted by Crippen LogP contribution is -2.15. The fourth-order valence-corrected chi connectivity index (χ4v) is 3.58. The van der Waals surface area contributed by atoms with E-state index in [2.05, 4.69) is 68.4 Å². The number of aromatic nitrogens is 4. The molecule has 0 unspecified atom stereocenters. The SMILES string of the molecule is Cc1nn(CCC(=O)Nc2ccn(Cc3cccc4ccccc34)n2)cc1I. The Bertz CT molecular complexity index is 1110. The number of anilines is 1. The molecule has 2 heterocycles. The number of nitrogens with zero attached hydrogens (tertiary/aromatic N) is 4. The summed E-state index contributed by atoms with van der Waals surface area (Å²) in [5, 5.41) is 14.2. The molecule has 2 aromatic heterocycles. The van der Waals surface area contributed by atoms with Crippen LogP contribution in [0.2, 0.25) is 0 Å². The van der Waals surface area contributed by atoms with Gasteiger partial charge in [-0.15, -0.1) is 0 Å². The van der Waals surface area contributed by atoms with Gasteiger partial charge in [0.1, 0.15) is 0 Å². The summed E-state index contributed by atoms with van der Waals surface area (Å²) in [6.45, 7) is 3.16. The molecule has 28 heavy (non-hydrogen) atoms. The van der Waals surface area contributed by atoms with Gasteiger partial charge in [0.25, 0.3) is 0 Å². The van der Waals surface area contributed by atoms with Crippen LogP contribution in [-0.2, 0) is 17.9 Å². The van der Waals surface area contributed by atoms with Gasteiger partial charge in [0.2, 0.25) is 5.91 Å². The van der Waals surface area contributed by atoms with E-state index in [0.717, 1.165) is 9.26 Å². The van der Waals surface area contributed by atoms with Gasteiger partial charge in [0.15, 0.2) is 5.82 Å². The summed E-state index contributed by atoms with van der Waals surface area (Å²) in [5.74, 6) is 0.495. The van der Waals surface area contributed by atoms with E-state index < -0.39 is 0 Å². The molecular weight excluding hydrogens is 465 g/mol. The van der Waals surface area contributed by atoms with Crippen molar-refractivity contribution < 1.29 is 4.79 Å². The quantitative estimate of drug-likeness (QED) is 0.416. The lowest BCUT2D eigenvalue weighted by molar-refractivity contribution is -0.116. The van der Waals surface area contributed by atoms with Gasteiger partial charge in [-0.05, 0) is 45.9 Å². The number of hydrogen-bond acceptors (Lipinski definition) is 3. The van der Waals surface area contributed by atoms with Crippen LogP contribution in [0, 0.1) is 10.5 Å². The average Bonchev–Trinajstić information content (AvgIpc) is 3.26. The maximum absolute atomic E-state index is 12.2. The highest BCUT2D eigenvalue weighted by Crippen LogP contribution is 2.19. The van der Waals surface area contributed by atoms with E-state index in [1.54, 1.807) is 4.68 Å². The highest BCUT2D eigenvalue weighted by molar-refractivity contribution is 14.1. The summed E-state index contributed by atoms with van der Waals surface area (Å²) in [5.41, 5.74) is 2.18. The first-order valence-electron chi connectivity index (χ1n) is 9.08. The minimum Gasteiger partial charge on any atom is -0.309 e. The van der Waals surface area contributed by atoms with E-state index in [9.17, 15) is 4.79 Å². The smallest absolute Gasteiger partial charge is 0.227 e. The number of nitrogens with one attached hydrogen (secondary N) is 1. The molecule has 0 aliphatic rings. The molecule has 142 valence electrons. The first-order valence-corrected chi connectivity index (χ1v) is 10.2. The molecule has 0 radical (unpaired) electrons. The number of carbonyl (C=O) groups excluding carboxylic acids is 1. The van der Waals surface area contributed by atoms with Crippen LogP contribution < -0.4 is 5.32 Å². The molecule has 0 spiro atoms. The van der Waals surface area contributed by atoms with Gasteiger partial charge in [-0.3, -0.25) is 14.2 Å². The number of fused-ring (bicyclic) bond motifs is 1. The number of hydrogen-bond donors (Lipinski definition) is 1. The molecule has 1 N–H and O–H groups in total. The molecule has 0 aliphatic carbocycles. The molecule has 0 atom stereocenters. The van der Waals surface area contributed by atoms with Crippen molar-refractivity contribution in [2.24, 2.45) is 0 Å². The minimum absolute atomic E-state index is 0.0708. The number of carbonyl (C=O) groups is 1. The van der Waals surface area contributed by atoms with Crippen LogP contribution in [0.5, 0.6) is 0 Å². The van der Waals surface area contributed by atoms with Gasteiger partial charge >= 0.3 is 0 Å². The van der Waals surface area contributed by atoms with Crippen LogP contribution in [0.1, 0.15) is 17.7 Å². The van der Waals surface area contributed by atoms with Crippen molar-refractivity contribution in [3.05, 3.63) is 75.8 Å². The third kappa shape index (κ3) is 4.24. The zero-order valence-corrected chi connectivity index (χ0v) is 17.6. The summed E-state index contributed by atoms with van der Waals surface area (Å²) in [6.07, 6.45) is 4.19. The lowest BCUT2D eigenvalue weighted by Gasteiger charge is -2.07. The molecule has 0 fully saturated rings. The van der Waals surface area contributed by atoms with Crippen LogP contribution >= 0.6 is 22.6 Å². The molecule has 4 aromatic rings. The second-order valence-electron chi connectivity index (χ2n) is 6.66. The molecule has 6 nitrogen and oxygen atoms in total. The standard InChI is InChI=1S/C21H20IN5O/c1-15-19(22)14-27(24-15)12-10-21(28)23-20-9-11-26(25-20)13-17-7-4-6-16-5-2-3-8-18(16)17/h2-9,11,14H,10,12-13H2,1H3,(H,23,25,28). The maximum Gasteiger partial charge on any atom is 0.227 e. The normalized spacial score (nSPS) is 11.1. The highest BCUT2D eigenvalue weighted by atomic mass is 127. The Kier molecular flexibility index (Phi) is 5.43. The monoisotopic (exact) mass is 485 g/mol. The van der Waals surface area contributed by atoms with Gasteiger partial charge in [0, 0.05) is 31.4 Å². The summed E-state index contributed by atoms with van der Waals surface area (Å²) in [4.78, 5) is 12.2. The fourth-order valence-electron chi connectivity index (χ4n) is 3.15. The number of halogens is 1. The van der Waals surface area contributed by atoms with Crippen molar-refractivity contribution in [3.8, 4) is 0 Å². The van der Waals surface area contributed by atoms with Crippen molar-refractivity contribution in [2.45, 2.75) is 26.4 Å². The third-order valence-corrected chi connectivity index (χ3v) is 5.63. The molecule has 4 rings (SSSR count). The Labute approximate surface area is 176 Å². The van der Waals surface area contributed by atoms with Gasteiger partial charge in [-0.25, -0.2) is 0 Å². The predicted octanol–water partition coefficient (Wildman–Crippen LogP) is 4.22. The molecule has 1 amide bonds. The van der Waals surface area contributed by atoms with E-state index in [-0.39, 0.29) is 5.91 Å². The van der Waals surface area contributed by atoms with Crippen molar-refractivity contribution in [1.29, 1.82) is 0 Å². The minimum atomic E-state index is -0.0708. The molecule has 0 bridgehead atoms. The van der Waals surface area contributed by atoms with Gasteiger partial charge < -0.3 is 5.32 Å². The van der Waals surface area contributed by atoms with Crippen LogP contribution in [0.15, 0.2) is 60.9 Å². The number of amides is 1. The molecule has 7 heteroatoms. The highest BCUT2D eigenvalue weighted by Gasteiger charge is 2.08. The van der Waals surface area contributed by atoms with E-state index in [0.29, 0.717) is 25.3 Å². The van der Waals surface area contributed by atoms with Crippen molar-refractivity contribution in [2.75, 3.05) is 5.32 Å². The Morgan fingerprint density at radius 2 is 1.89 bits per heavy atom. The molecule has 0 aliphatic heterocycles. The van der Waals surface area contributed by atoms with E-state index in [4.69, 9.17) is 0 Å². The Balaban J connectivity index is 1.38. The largest absolute Gasteiger partial charge is 0.309 e. The maximum atomic E-state index is 12.2. The van der Waals surface area contributed by atoms with Gasteiger partial charge in [0.05, 0.1) is 15.8 Å². The molecule has 0 saturated heterocycles. The van der Waals surface area contributed by atoms with Gasteiger partial charge in [-0.1, -0.05) is 42.5 Å². The van der Waals surface area contributed by atoms with Crippen LogP contribution in [0.4, 0.5) is 5.82 Å². The number of benzene rings is 2. The predicted molar refractivity (Wildman–Crippen MR) is 118 cm³/mol. The van der Waals surface area contributed by atoms with Crippen molar-refractivity contribution in [1.82, 2.24) is 19.6 Å². The second-order valence-corrected chi connectivity index (χ2v) is 7.82. The van der Waals surface area contributed by atoms with E-state index >= 15 is 0 Å². The van der Waals surface area contributed by atoms with E-state index in [1.165, 1.54) is 16.3 Å². The Morgan fingerprint density at radius 3 is 2.71 bits per heavy atom. The van der Waals surface area contributed by atoms with Crippen molar-refractivity contribution >= 4 is 45.1 Å². The fraction of sp³-hybridized carbons (Fsp3) is 0.190. The summed E-state index contributed by atoms with van der Waals surface area (Å²) in [6, 6.07) is 16.4. The second kappa shape index (κ2) is 8.14. The van der Waals surface area contributed by atoms with Crippen LogP contribution in [0.25, 0.3) is 10.8 Å². The number of aryl methyl sites for hydroxylation is 2. The third-order valence-electron chi connectivity index (χ3n) is 4.57. The first-order chi connectivity index (χ1) is 13.6. The lowest BCUT2D eigenvalue weighted by atomic mass is 10.0. The zero-order valence-electron chi connectivity index (χ0n) is 15.5. The van der Waals surface area contributed by atoms with Crippen molar-refractivity contribution in [3.63, 3.8) is 0 Å².